The summed E-state index contributed by atoms with van der Waals surface area (Å²) in [7, 11) is 0. The average molecular weight is 308 g/mol. The van der Waals surface area contributed by atoms with Gasteiger partial charge in [0.1, 0.15) is 5.76 Å². The van der Waals surface area contributed by atoms with Crippen molar-refractivity contribution in [2.45, 2.75) is 71.9 Å². The van der Waals surface area contributed by atoms with Crippen LogP contribution in [-0.4, -0.2) is 29.9 Å². The predicted molar refractivity (Wildman–Crippen MR) is 90.7 cm³/mol. The van der Waals surface area contributed by atoms with E-state index >= 15 is 0 Å². The van der Waals surface area contributed by atoms with Gasteiger partial charge >= 0.3 is 0 Å². The first-order chi connectivity index (χ1) is 10.6. The van der Waals surface area contributed by atoms with E-state index in [4.69, 9.17) is 4.42 Å². The molecule has 1 aromatic rings. The van der Waals surface area contributed by atoms with Crippen LogP contribution in [0.25, 0.3) is 0 Å². The van der Waals surface area contributed by atoms with Crippen LogP contribution in [0.4, 0.5) is 0 Å². The molecular formula is C18H32N2O2. The number of nitrogens with one attached hydrogen (secondary N) is 1. The molecule has 1 rings (SSSR count). The smallest absolute Gasteiger partial charge is 0.234 e. The van der Waals surface area contributed by atoms with Crippen LogP contribution < -0.4 is 5.32 Å². The summed E-state index contributed by atoms with van der Waals surface area (Å²) in [6.45, 7) is 10.0. The van der Waals surface area contributed by atoms with E-state index in [1.807, 2.05) is 19.1 Å². The Balaban J connectivity index is 2.49. The molecule has 0 radical (unpaired) electrons. The minimum Gasteiger partial charge on any atom is -0.467 e. The first kappa shape index (κ1) is 18.8. The van der Waals surface area contributed by atoms with Crippen molar-refractivity contribution in [2.75, 3.05) is 13.1 Å². The summed E-state index contributed by atoms with van der Waals surface area (Å²) in [6.07, 6.45) is 7.50. The molecular weight excluding hydrogens is 276 g/mol. The maximum atomic E-state index is 12.3. The van der Waals surface area contributed by atoms with Crippen LogP contribution in [-0.2, 0) is 4.79 Å². The Bertz CT molecular complexity index is 403. The maximum Gasteiger partial charge on any atom is 0.234 e. The number of amides is 1. The van der Waals surface area contributed by atoms with E-state index < -0.39 is 0 Å². The Labute approximate surface area is 135 Å². The molecule has 0 aromatic carbocycles. The molecule has 126 valence electrons. The van der Waals surface area contributed by atoms with Gasteiger partial charge in [0, 0.05) is 6.04 Å². The third kappa shape index (κ3) is 6.65. The lowest BCUT2D eigenvalue weighted by Crippen LogP contribution is -2.43. The van der Waals surface area contributed by atoms with Gasteiger partial charge < -0.3 is 9.73 Å². The van der Waals surface area contributed by atoms with E-state index in [1.54, 1.807) is 6.26 Å². The summed E-state index contributed by atoms with van der Waals surface area (Å²) < 4.78 is 5.34. The highest BCUT2D eigenvalue weighted by molar-refractivity contribution is 5.78. The number of carbonyl (C=O) groups is 1. The minimum absolute atomic E-state index is 0.0725. The van der Waals surface area contributed by atoms with Gasteiger partial charge in [-0.3, -0.25) is 9.69 Å². The van der Waals surface area contributed by atoms with Crippen molar-refractivity contribution >= 4 is 5.91 Å². The number of nitrogens with zero attached hydrogens (tertiary/aromatic N) is 1. The van der Waals surface area contributed by atoms with Crippen molar-refractivity contribution in [1.29, 1.82) is 0 Å². The lowest BCUT2D eigenvalue weighted by atomic mass is 10.1. The van der Waals surface area contributed by atoms with E-state index in [0.717, 1.165) is 31.6 Å². The normalized spacial score (nSPS) is 14.0. The van der Waals surface area contributed by atoms with Crippen LogP contribution in [0, 0.1) is 0 Å². The number of hydrogen-bond donors (Lipinski definition) is 1. The molecule has 4 nitrogen and oxygen atoms in total. The second-order valence-electron chi connectivity index (χ2n) is 6.12. The van der Waals surface area contributed by atoms with E-state index in [1.165, 1.54) is 12.8 Å². The zero-order chi connectivity index (χ0) is 16.4. The zero-order valence-corrected chi connectivity index (χ0v) is 14.6. The van der Waals surface area contributed by atoms with Crippen molar-refractivity contribution in [3.05, 3.63) is 24.2 Å². The maximum absolute atomic E-state index is 12.3. The molecule has 0 aliphatic heterocycles. The zero-order valence-electron chi connectivity index (χ0n) is 14.6. The second kappa shape index (κ2) is 10.4. The molecule has 22 heavy (non-hydrogen) atoms. The molecule has 0 aliphatic carbocycles. The summed E-state index contributed by atoms with van der Waals surface area (Å²) in [5.74, 6) is 0.871. The Hall–Kier alpha value is -1.29. The largest absolute Gasteiger partial charge is 0.467 e. The van der Waals surface area contributed by atoms with Gasteiger partial charge in [0.2, 0.25) is 5.91 Å². The third-order valence-electron chi connectivity index (χ3n) is 4.07. The van der Waals surface area contributed by atoms with Crippen LogP contribution in [0.5, 0.6) is 0 Å². The average Bonchev–Trinajstić information content (AvgIpc) is 3.01. The van der Waals surface area contributed by atoms with E-state index in [0.29, 0.717) is 12.6 Å². The van der Waals surface area contributed by atoms with Gasteiger partial charge in [-0.25, -0.2) is 0 Å². The van der Waals surface area contributed by atoms with Crippen molar-refractivity contribution in [3.8, 4) is 0 Å². The van der Waals surface area contributed by atoms with Gasteiger partial charge in [-0.15, -0.1) is 0 Å². The van der Waals surface area contributed by atoms with Gasteiger partial charge in [0.25, 0.3) is 0 Å². The highest BCUT2D eigenvalue weighted by Crippen LogP contribution is 2.13. The van der Waals surface area contributed by atoms with Crippen LogP contribution in [0.3, 0.4) is 0 Å². The predicted octanol–water partition coefficient (Wildman–Crippen LogP) is 4.14. The van der Waals surface area contributed by atoms with Crippen LogP contribution in [0.2, 0.25) is 0 Å². The van der Waals surface area contributed by atoms with E-state index in [9.17, 15) is 4.79 Å². The van der Waals surface area contributed by atoms with Crippen LogP contribution >= 0.6 is 0 Å². The van der Waals surface area contributed by atoms with Gasteiger partial charge in [-0.1, -0.05) is 33.1 Å². The molecule has 0 aliphatic rings. The molecule has 0 saturated carbocycles. The number of hydrogen-bond acceptors (Lipinski definition) is 3. The lowest BCUT2D eigenvalue weighted by Gasteiger charge is -2.28. The Morgan fingerprint density at radius 3 is 2.64 bits per heavy atom. The Morgan fingerprint density at radius 1 is 1.27 bits per heavy atom. The van der Waals surface area contributed by atoms with E-state index in [2.05, 4.69) is 31.0 Å². The highest BCUT2D eigenvalue weighted by Gasteiger charge is 2.18. The molecule has 2 atom stereocenters. The van der Waals surface area contributed by atoms with Crippen molar-refractivity contribution in [2.24, 2.45) is 0 Å². The summed E-state index contributed by atoms with van der Waals surface area (Å²) in [6, 6.07) is 4.11. The van der Waals surface area contributed by atoms with Gasteiger partial charge in [0.05, 0.1) is 18.8 Å². The number of carbonyl (C=O) groups excluding carboxylic acids is 1. The monoisotopic (exact) mass is 308 g/mol. The molecule has 1 aromatic heterocycles. The summed E-state index contributed by atoms with van der Waals surface area (Å²) in [5.41, 5.74) is 0. The van der Waals surface area contributed by atoms with Gasteiger partial charge in [0.15, 0.2) is 0 Å². The molecule has 4 heteroatoms. The Morgan fingerprint density at radius 2 is 2.05 bits per heavy atom. The van der Waals surface area contributed by atoms with Crippen molar-refractivity contribution in [3.63, 3.8) is 0 Å². The number of furan rings is 1. The SMILES string of the molecule is CCCCCN(CC(=O)NC(C)c1ccco1)C(C)CCC. The van der Waals surface area contributed by atoms with Crippen molar-refractivity contribution in [1.82, 2.24) is 10.2 Å². The number of unbranched alkanes of at least 4 members (excludes halogenated alkanes) is 2. The van der Waals surface area contributed by atoms with Gasteiger partial charge in [-0.05, 0) is 45.4 Å². The first-order valence-electron chi connectivity index (χ1n) is 8.65. The third-order valence-corrected chi connectivity index (χ3v) is 4.07. The molecule has 0 saturated heterocycles. The number of rotatable bonds is 11. The summed E-state index contributed by atoms with van der Waals surface area (Å²) >= 11 is 0. The lowest BCUT2D eigenvalue weighted by molar-refractivity contribution is -0.123. The highest BCUT2D eigenvalue weighted by atomic mass is 16.3. The van der Waals surface area contributed by atoms with E-state index in [-0.39, 0.29) is 11.9 Å². The van der Waals surface area contributed by atoms with Gasteiger partial charge in [-0.2, -0.15) is 0 Å². The fourth-order valence-corrected chi connectivity index (χ4v) is 2.70. The molecule has 1 heterocycles. The summed E-state index contributed by atoms with van der Waals surface area (Å²) in [5, 5.41) is 3.03. The standard InChI is InChI=1S/C18H32N2O2/c1-5-7-8-12-20(15(3)10-6-2)14-18(21)19-16(4)17-11-9-13-22-17/h9,11,13,15-16H,5-8,10,12,14H2,1-4H3,(H,19,21). The molecule has 0 spiro atoms. The summed E-state index contributed by atoms with van der Waals surface area (Å²) in [4.78, 5) is 14.6. The van der Waals surface area contributed by atoms with Crippen molar-refractivity contribution < 1.29 is 9.21 Å². The second-order valence-corrected chi connectivity index (χ2v) is 6.12. The van der Waals surface area contributed by atoms with Crippen LogP contribution in [0.1, 0.15) is 71.6 Å². The fourth-order valence-electron chi connectivity index (χ4n) is 2.70. The van der Waals surface area contributed by atoms with Crippen LogP contribution in [0.15, 0.2) is 22.8 Å². The Kier molecular flexibility index (Phi) is 8.90. The first-order valence-corrected chi connectivity index (χ1v) is 8.65. The molecule has 0 bridgehead atoms. The molecule has 2 unspecified atom stereocenters. The minimum atomic E-state index is -0.0820. The quantitative estimate of drug-likeness (QED) is 0.625. The molecule has 1 amide bonds. The molecule has 1 N–H and O–H groups in total. The molecule has 0 fully saturated rings. The topological polar surface area (TPSA) is 45.5 Å². The fraction of sp³-hybridized carbons (Fsp3) is 0.722.